The summed E-state index contributed by atoms with van der Waals surface area (Å²) >= 11 is 0. The molecule has 0 spiro atoms. The van der Waals surface area contributed by atoms with Crippen LogP contribution in [0.3, 0.4) is 0 Å². The van der Waals surface area contributed by atoms with Gasteiger partial charge in [0.05, 0.1) is 6.54 Å². The third-order valence-electron chi connectivity index (χ3n) is 3.85. The molecule has 1 aliphatic heterocycles. The van der Waals surface area contributed by atoms with Crippen molar-refractivity contribution in [2.45, 2.75) is 25.7 Å². The van der Waals surface area contributed by atoms with E-state index < -0.39 is 0 Å². The average molecular weight is 239 g/mol. The van der Waals surface area contributed by atoms with Crippen LogP contribution >= 0.6 is 0 Å². The Morgan fingerprint density at radius 1 is 1.41 bits per heavy atom. The molecule has 0 aromatic carbocycles. The second-order valence-corrected chi connectivity index (χ2v) is 5.00. The van der Waals surface area contributed by atoms with E-state index in [0.717, 1.165) is 25.7 Å². The molecule has 5 nitrogen and oxygen atoms in total. The molecule has 1 saturated carbocycles. The molecule has 0 bridgehead atoms. The van der Waals surface area contributed by atoms with Gasteiger partial charge in [-0.3, -0.25) is 9.59 Å². The van der Waals surface area contributed by atoms with Crippen LogP contribution in [0.1, 0.15) is 25.7 Å². The number of nitrogens with one attached hydrogen (secondary N) is 1. The van der Waals surface area contributed by atoms with E-state index in [1.807, 2.05) is 0 Å². The van der Waals surface area contributed by atoms with Gasteiger partial charge in [-0.1, -0.05) is 6.42 Å². The molecule has 2 unspecified atom stereocenters. The zero-order valence-corrected chi connectivity index (χ0v) is 10.2. The van der Waals surface area contributed by atoms with Crippen molar-refractivity contribution in [1.82, 2.24) is 10.2 Å². The van der Waals surface area contributed by atoms with Gasteiger partial charge >= 0.3 is 0 Å². The van der Waals surface area contributed by atoms with E-state index in [0.29, 0.717) is 25.6 Å². The molecule has 0 radical (unpaired) electrons. The molecule has 2 rings (SSSR count). The highest BCUT2D eigenvalue weighted by molar-refractivity contribution is 5.86. The highest BCUT2D eigenvalue weighted by Crippen LogP contribution is 2.32. The Morgan fingerprint density at radius 2 is 2.24 bits per heavy atom. The summed E-state index contributed by atoms with van der Waals surface area (Å²) in [6.45, 7) is 2.15. The van der Waals surface area contributed by atoms with Gasteiger partial charge in [0.1, 0.15) is 0 Å². The number of hydrogen-bond donors (Lipinski definition) is 2. The minimum atomic E-state index is -0.0434. The van der Waals surface area contributed by atoms with Gasteiger partial charge in [0, 0.05) is 19.0 Å². The number of hydrogen-bond acceptors (Lipinski definition) is 3. The Balaban J connectivity index is 2.00. The number of nitrogens with two attached hydrogens (primary N) is 1. The van der Waals surface area contributed by atoms with E-state index in [-0.39, 0.29) is 24.3 Å². The van der Waals surface area contributed by atoms with Crippen molar-refractivity contribution in [3.05, 3.63) is 0 Å². The summed E-state index contributed by atoms with van der Waals surface area (Å²) in [4.78, 5) is 25.5. The maximum atomic E-state index is 12.4. The standard InChI is InChI=1S/C12H21N3O2/c13-7-9-3-1-4-10(9)12(17)15-6-2-5-14-11(16)8-15/h9-10H,1-8,13H2,(H,14,16). The quantitative estimate of drug-likeness (QED) is 0.695. The van der Waals surface area contributed by atoms with Gasteiger partial charge in [0.2, 0.25) is 11.8 Å². The van der Waals surface area contributed by atoms with Gasteiger partial charge in [-0.2, -0.15) is 0 Å². The molecule has 0 aromatic rings. The van der Waals surface area contributed by atoms with Crippen molar-refractivity contribution >= 4 is 11.8 Å². The highest BCUT2D eigenvalue weighted by atomic mass is 16.2. The van der Waals surface area contributed by atoms with Crippen LogP contribution in [0.4, 0.5) is 0 Å². The number of carbonyl (C=O) groups excluding carboxylic acids is 2. The van der Waals surface area contributed by atoms with Crippen molar-refractivity contribution in [1.29, 1.82) is 0 Å². The lowest BCUT2D eigenvalue weighted by Gasteiger charge is -2.25. The molecular weight excluding hydrogens is 218 g/mol. The molecule has 2 aliphatic rings. The molecular formula is C12H21N3O2. The van der Waals surface area contributed by atoms with Crippen LogP contribution in [-0.4, -0.2) is 42.9 Å². The monoisotopic (exact) mass is 239 g/mol. The summed E-state index contributed by atoms with van der Waals surface area (Å²) in [5.41, 5.74) is 5.70. The van der Waals surface area contributed by atoms with E-state index in [4.69, 9.17) is 5.73 Å². The first-order chi connectivity index (χ1) is 8.22. The number of amides is 2. The lowest BCUT2D eigenvalue weighted by Crippen LogP contribution is -2.42. The normalized spacial score (nSPS) is 29.9. The first-order valence-electron chi connectivity index (χ1n) is 6.48. The van der Waals surface area contributed by atoms with Crippen molar-refractivity contribution in [2.24, 2.45) is 17.6 Å². The maximum absolute atomic E-state index is 12.4. The predicted molar refractivity (Wildman–Crippen MR) is 64.1 cm³/mol. The topological polar surface area (TPSA) is 75.4 Å². The third kappa shape index (κ3) is 2.77. The van der Waals surface area contributed by atoms with Gasteiger partial charge in [0.15, 0.2) is 0 Å². The van der Waals surface area contributed by atoms with Crippen molar-refractivity contribution in [3.63, 3.8) is 0 Å². The molecule has 96 valence electrons. The predicted octanol–water partition coefficient (Wildman–Crippen LogP) is -0.290. The average Bonchev–Trinajstić information content (AvgIpc) is 2.70. The van der Waals surface area contributed by atoms with Crippen LogP contribution in [0.15, 0.2) is 0 Å². The van der Waals surface area contributed by atoms with Crippen LogP contribution in [0.2, 0.25) is 0 Å². The van der Waals surface area contributed by atoms with Gasteiger partial charge in [-0.05, 0) is 31.7 Å². The summed E-state index contributed by atoms with van der Waals surface area (Å²) in [5.74, 6) is 0.452. The smallest absolute Gasteiger partial charge is 0.239 e. The zero-order chi connectivity index (χ0) is 12.3. The van der Waals surface area contributed by atoms with Crippen LogP contribution in [0, 0.1) is 11.8 Å². The SMILES string of the molecule is NCC1CCCC1C(=O)N1CCCNC(=O)C1. The largest absolute Gasteiger partial charge is 0.354 e. The van der Waals surface area contributed by atoms with E-state index in [2.05, 4.69) is 5.32 Å². The lowest BCUT2D eigenvalue weighted by molar-refractivity contribution is -0.139. The summed E-state index contributed by atoms with van der Waals surface area (Å²) in [6, 6.07) is 0. The Bertz CT molecular complexity index is 306. The van der Waals surface area contributed by atoms with Gasteiger partial charge in [-0.15, -0.1) is 0 Å². The van der Waals surface area contributed by atoms with Crippen LogP contribution in [0.25, 0.3) is 0 Å². The summed E-state index contributed by atoms with van der Waals surface area (Å²) in [5, 5.41) is 2.79. The molecule has 2 fully saturated rings. The Hall–Kier alpha value is -1.10. The number of nitrogens with zero attached hydrogens (tertiary/aromatic N) is 1. The Kier molecular flexibility index (Phi) is 3.99. The summed E-state index contributed by atoms with van der Waals surface area (Å²) < 4.78 is 0. The molecule has 0 aromatic heterocycles. The first-order valence-corrected chi connectivity index (χ1v) is 6.48. The van der Waals surface area contributed by atoms with E-state index >= 15 is 0 Å². The second kappa shape index (κ2) is 5.49. The van der Waals surface area contributed by atoms with Crippen LogP contribution in [0.5, 0.6) is 0 Å². The first kappa shape index (κ1) is 12.4. The molecule has 1 heterocycles. The minimum Gasteiger partial charge on any atom is -0.354 e. The minimum absolute atomic E-state index is 0.0434. The van der Waals surface area contributed by atoms with E-state index in [1.54, 1.807) is 4.90 Å². The molecule has 2 amide bonds. The molecule has 1 aliphatic carbocycles. The molecule has 5 heteroatoms. The maximum Gasteiger partial charge on any atom is 0.239 e. The third-order valence-corrected chi connectivity index (χ3v) is 3.85. The Morgan fingerprint density at radius 3 is 3.00 bits per heavy atom. The number of carbonyl (C=O) groups is 2. The molecule has 17 heavy (non-hydrogen) atoms. The fraction of sp³-hybridized carbons (Fsp3) is 0.833. The van der Waals surface area contributed by atoms with Gasteiger partial charge in [-0.25, -0.2) is 0 Å². The number of rotatable bonds is 2. The van der Waals surface area contributed by atoms with Gasteiger partial charge < -0.3 is 16.0 Å². The fourth-order valence-corrected chi connectivity index (χ4v) is 2.87. The van der Waals surface area contributed by atoms with Gasteiger partial charge in [0.25, 0.3) is 0 Å². The van der Waals surface area contributed by atoms with Crippen molar-refractivity contribution in [3.8, 4) is 0 Å². The molecule has 2 atom stereocenters. The van der Waals surface area contributed by atoms with Crippen molar-refractivity contribution < 1.29 is 9.59 Å². The van der Waals surface area contributed by atoms with E-state index in [1.165, 1.54) is 0 Å². The van der Waals surface area contributed by atoms with Crippen LogP contribution in [-0.2, 0) is 9.59 Å². The zero-order valence-electron chi connectivity index (χ0n) is 10.2. The van der Waals surface area contributed by atoms with E-state index in [9.17, 15) is 9.59 Å². The second-order valence-electron chi connectivity index (χ2n) is 5.00. The fourth-order valence-electron chi connectivity index (χ4n) is 2.87. The highest BCUT2D eigenvalue weighted by Gasteiger charge is 2.35. The lowest BCUT2D eigenvalue weighted by atomic mass is 9.94. The summed E-state index contributed by atoms with van der Waals surface area (Å²) in [6.07, 6.45) is 3.90. The summed E-state index contributed by atoms with van der Waals surface area (Å²) in [7, 11) is 0. The van der Waals surface area contributed by atoms with Crippen molar-refractivity contribution in [2.75, 3.05) is 26.2 Å². The molecule has 1 saturated heterocycles. The molecule has 3 N–H and O–H groups in total. The van der Waals surface area contributed by atoms with Crippen LogP contribution < -0.4 is 11.1 Å². The Labute approximate surface area is 102 Å².